The molecule has 0 saturated carbocycles. The Morgan fingerprint density at radius 3 is 1.88 bits per heavy atom. The zero-order chi connectivity index (χ0) is 18.7. The first-order valence-corrected chi connectivity index (χ1v) is 7.84. The summed E-state index contributed by atoms with van der Waals surface area (Å²) in [5.41, 5.74) is 7.94. The molecule has 0 bridgehead atoms. The van der Waals surface area contributed by atoms with Gasteiger partial charge in [0.15, 0.2) is 0 Å². The van der Waals surface area contributed by atoms with E-state index in [1.165, 1.54) is 12.1 Å². The first kappa shape index (κ1) is 17.6. The number of benzene rings is 3. The monoisotopic (exact) mass is 355 g/mol. The molecule has 0 heterocycles. The van der Waals surface area contributed by atoms with Gasteiger partial charge in [-0.05, 0) is 35.4 Å². The average Bonchev–Trinajstić information content (AvgIpc) is 2.63. The van der Waals surface area contributed by atoms with E-state index in [0.29, 0.717) is 22.8 Å². The lowest BCUT2D eigenvalue weighted by atomic mass is 10.0. The highest BCUT2D eigenvalue weighted by atomic mass is 19.4. The summed E-state index contributed by atoms with van der Waals surface area (Å²) in [7, 11) is 0. The quantitative estimate of drug-likeness (QED) is 0.460. The molecule has 5 heteroatoms. The molecule has 0 aliphatic rings. The summed E-state index contributed by atoms with van der Waals surface area (Å²) in [6.07, 6.45) is -4.34. The van der Waals surface area contributed by atoms with Gasteiger partial charge in [0.1, 0.15) is 11.5 Å². The molecule has 0 saturated heterocycles. The van der Waals surface area contributed by atoms with Crippen LogP contribution < -0.4 is 10.5 Å². The Morgan fingerprint density at radius 1 is 0.808 bits per heavy atom. The van der Waals surface area contributed by atoms with Gasteiger partial charge in [-0.3, -0.25) is 0 Å². The van der Waals surface area contributed by atoms with Gasteiger partial charge >= 0.3 is 6.18 Å². The molecule has 0 aromatic heterocycles. The molecule has 132 valence electrons. The lowest BCUT2D eigenvalue weighted by molar-refractivity contribution is -0.137. The normalized spacial score (nSPS) is 11.2. The van der Waals surface area contributed by atoms with Crippen molar-refractivity contribution in [3.8, 4) is 16.9 Å². The van der Waals surface area contributed by atoms with Crippen LogP contribution in [-0.2, 0) is 6.18 Å². The van der Waals surface area contributed by atoms with E-state index in [1.807, 2.05) is 12.1 Å². The summed E-state index contributed by atoms with van der Waals surface area (Å²) < 4.78 is 43.6. The van der Waals surface area contributed by atoms with Crippen molar-refractivity contribution in [1.29, 1.82) is 0 Å². The molecule has 0 amide bonds. The molecule has 0 fully saturated rings. The van der Waals surface area contributed by atoms with E-state index < -0.39 is 11.7 Å². The summed E-state index contributed by atoms with van der Waals surface area (Å²) >= 11 is 0. The van der Waals surface area contributed by atoms with Crippen molar-refractivity contribution in [1.82, 2.24) is 0 Å². The van der Waals surface area contributed by atoms with E-state index in [0.717, 1.165) is 23.3 Å². The Bertz CT molecular complexity index is 913. The number of para-hydroxylation sites is 2. The minimum atomic E-state index is -4.34. The van der Waals surface area contributed by atoms with Gasteiger partial charge in [0, 0.05) is 5.56 Å². The van der Waals surface area contributed by atoms with Crippen molar-refractivity contribution < 1.29 is 17.9 Å². The number of nitrogen functional groups attached to an aromatic ring is 1. The first-order valence-electron chi connectivity index (χ1n) is 7.84. The van der Waals surface area contributed by atoms with E-state index in [9.17, 15) is 13.2 Å². The number of anilines is 1. The van der Waals surface area contributed by atoms with Crippen molar-refractivity contribution >= 4 is 11.4 Å². The van der Waals surface area contributed by atoms with E-state index in [4.69, 9.17) is 10.5 Å². The molecule has 2 N–H and O–H groups in total. The van der Waals surface area contributed by atoms with Gasteiger partial charge < -0.3 is 10.5 Å². The van der Waals surface area contributed by atoms with Crippen LogP contribution in [0.1, 0.15) is 11.1 Å². The molecule has 0 aliphatic heterocycles. The van der Waals surface area contributed by atoms with Crippen LogP contribution in [0.3, 0.4) is 0 Å². The summed E-state index contributed by atoms with van der Waals surface area (Å²) in [4.78, 5) is 0. The van der Waals surface area contributed by atoms with Crippen molar-refractivity contribution in [2.45, 2.75) is 6.18 Å². The number of nitrogens with two attached hydrogens (primary N) is 1. The fourth-order valence-corrected chi connectivity index (χ4v) is 2.47. The van der Waals surface area contributed by atoms with Gasteiger partial charge in [0.25, 0.3) is 0 Å². The van der Waals surface area contributed by atoms with E-state index in [-0.39, 0.29) is 0 Å². The largest absolute Gasteiger partial charge is 0.455 e. The molecular formula is C21H16F3NO. The lowest BCUT2D eigenvalue weighted by Gasteiger charge is -2.12. The smallest absolute Gasteiger partial charge is 0.416 e. The fourth-order valence-electron chi connectivity index (χ4n) is 2.47. The molecule has 26 heavy (non-hydrogen) atoms. The molecule has 3 aromatic carbocycles. The third-order valence-electron chi connectivity index (χ3n) is 3.90. The van der Waals surface area contributed by atoms with Crippen LogP contribution in [0.15, 0.2) is 79.4 Å². The van der Waals surface area contributed by atoms with Crippen molar-refractivity contribution in [2.24, 2.45) is 0 Å². The van der Waals surface area contributed by atoms with Gasteiger partial charge in [-0.15, -0.1) is 0 Å². The predicted molar refractivity (Wildman–Crippen MR) is 97.4 cm³/mol. The Morgan fingerprint density at radius 2 is 1.35 bits per heavy atom. The molecule has 2 nitrogen and oxygen atoms in total. The molecule has 3 aromatic rings. The highest BCUT2D eigenvalue weighted by molar-refractivity contribution is 5.69. The van der Waals surface area contributed by atoms with E-state index in [1.54, 1.807) is 36.4 Å². The highest BCUT2D eigenvalue weighted by Gasteiger charge is 2.29. The van der Waals surface area contributed by atoms with Crippen LogP contribution in [0.5, 0.6) is 5.75 Å². The number of ether oxygens (including phenoxy) is 1. The van der Waals surface area contributed by atoms with Gasteiger partial charge in [-0.25, -0.2) is 0 Å². The van der Waals surface area contributed by atoms with Crippen LogP contribution in [0.2, 0.25) is 0 Å². The molecule has 0 atom stereocenters. The van der Waals surface area contributed by atoms with Crippen molar-refractivity contribution in [2.75, 3.05) is 5.73 Å². The Kier molecular flexibility index (Phi) is 4.71. The average molecular weight is 355 g/mol. The molecule has 0 spiro atoms. The third kappa shape index (κ3) is 3.88. The van der Waals surface area contributed by atoms with E-state index in [2.05, 4.69) is 6.58 Å². The van der Waals surface area contributed by atoms with Crippen LogP contribution in [0.4, 0.5) is 18.9 Å². The predicted octanol–water partition coefficient (Wildman–Crippen LogP) is 6.00. The second-order valence-electron chi connectivity index (χ2n) is 5.72. The van der Waals surface area contributed by atoms with Crippen LogP contribution in [0.25, 0.3) is 16.9 Å². The van der Waals surface area contributed by atoms with Crippen molar-refractivity contribution in [3.05, 3.63) is 90.5 Å². The molecule has 0 radical (unpaired) electrons. The maximum Gasteiger partial charge on any atom is 0.416 e. The Hall–Kier alpha value is -3.21. The fraction of sp³-hybridized carbons (Fsp3) is 0.0476. The minimum absolute atomic E-state index is 0.432. The van der Waals surface area contributed by atoms with Crippen LogP contribution in [0, 0.1) is 0 Å². The number of hydrogen-bond acceptors (Lipinski definition) is 2. The molecular weight excluding hydrogens is 339 g/mol. The Balaban J connectivity index is 1.76. The van der Waals surface area contributed by atoms with Gasteiger partial charge in [0.05, 0.1) is 11.3 Å². The standard InChI is InChI=1S/C21H16F3NO/c1-14(26-20-5-3-2-4-19(20)25)15-6-8-16(9-7-15)17-10-12-18(13-11-17)21(22,23)24/h2-13H,1,25H2. The second-order valence-corrected chi connectivity index (χ2v) is 5.72. The first-order chi connectivity index (χ1) is 12.3. The Labute approximate surface area is 149 Å². The molecule has 0 unspecified atom stereocenters. The molecule has 0 aliphatic carbocycles. The third-order valence-corrected chi connectivity index (χ3v) is 3.90. The van der Waals surface area contributed by atoms with Gasteiger partial charge in [0.2, 0.25) is 0 Å². The maximum absolute atomic E-state index is 12.6. The zero-order valence-corrected chi connectivity index (χ0v) is 13.8. The summed E-state index contributed by atoms with van der Waals surface area (Å²) in [5, 5.41) is 0. The SMILES string of the molecule is C=C(Oc1ccccc1N)c1ccc(-c2ccc(C(F)(F)F)cc2)cc1. The second kappa shape index (κ2) is 6.96. The number of hydrogen-bond donors (Lipinski definition) is 1. The lowest BCUT2D eigenvalue weighted by Crippen LogP contribution is -2.03. The number of alkyl halides is 3. The van der Waals surface area contributed by atoms with Crippen LogP contribution >= 0.6 is 0 Å². The van der Waals surface area contributed by atoms with E-state index >= 15 is 0 Å². The van der Waals surface area contributed by atoms with Crippen molar-refractivity contribution in [3.63, 3.8) is 0 Å². The van der Waals surface area contributed by atoms with Gasteiger partial charge in [-0.1, -0.05) is 55.1 Å². The zero-order valence-electron chi connectivity index (χ0n) is 13.8. The maximum atomic E-state index is 12.6. The summed E-state index contributed by atoms with van der Waals surface area (Å²) in [6.45, 7) is 3.90. The number of halogens is 3. The summed E-state index contributed by atoms with van der Waals surface area (Å²) in [6, 6.07) is 19.4. The summed E-state index contributed by atoms with van der Waals surface area (Å²) in [5.74, 6) is 0.950. The number of rotatable bonds is 4. The van der Waals surface area contributed by atoms with Gasteiger partial charge in [-0.2, -0.15) is 13.2 Å². The minimum Gasteiger partial charge on any atom is -0.455 e. The topological polar surface area (TPSA) is 35.2 Å². The highest BCUT2D eigenvalue weighted by Crippen LogP contribution is 2.31. The van der Waals surface area contributed by atoms with Crippen LogP contribution in [-0.4, -0.2) is 0 Å². The molecule has 3 rings (SSSR count).